The van der Waals surface area contributed by atoms with Gasteiger partial charge in [-0.1, -0.05) is 30.3 Å². The SMILES string of the molecule is C=C/C=C\C(=NCN=S(C)(C)=O)n1c(C2CC2)c(Cl)c2cnc(Cl)nc21. The van der Waals surface area contributed by atoms with Gasteiger partial charge in [0.15, 0.2) is 5.65 Å². The first-order valence-corrected chi connectivity index (χ1v) is 11.1. The molecule has 1 aliphatic carbocycles. The van der Waals surface area contributed by atoms with Crippen molar-refractivity contribution < 1.29 is 4.21 Å². The third-order valence-electron chi connectivity index (χ3n) is 3.83. The molecule has 1 fully saturated rings. The molecule has 0 aromatic carbocycles. The van der Waals surface area contributed by atoms with E-state index in [0.717, 1.165) is 23.9 Å². The summed E-state index contributed by atoms with van der Waals surface area (Å²) in [5.74, 6) is 0.933. The van der Waals surface area contributed by atoms with Crippen molar-refractivity contribution in [2.75, 3.05) is 19.2 Å². The van der Waals surface area contributed by atoms with Gasteiger partial charge in [-0.3, -0.25) is 8.78 Å². The molecule has 2 heterocycles. The molecule has 26 heavy (non-hydrogen) atoms. The van der Waals surface area contributed by atoms with Crippen LogP contribution in [0.1, 0.15) is 24.5 Å². The normalized spacial score (nSPS) is 15.8. The molecular formula is C17H19Cl2N5OS. The molecule has 0 atom stereocenters. The Morgan fingerprint density at radius 2 is 2.19 bits per heavy atom. The number of hydrogen-bond donors (Lipinski definition) is 0. The zero-order valence-corrected chi connectivity index (χ0v) is 16.9. The molecular weight excluding hydrogens is 393 g/mol. The minimum Gasteiger partial charge on any atom is -0.281 e. The lowest BCUT2D eigenvalue weighted by molar-refractivity contribution is 0.682. The van der Waals surface area contributed by atoms with Gasteiger partial charge < -0.3 is 0 Å². The molecule has 0 amide bonds. The fourth-order valence-corrected chi connectivity index (χ4v) is 3.41. The Bertz CT molecular complexity index is 1040. The number of aromatic nitrogens is 3. The van der Waals surface area contributed by atoms with E-state index in [1.165, 1.54) is 0 Å². The van der Waals surface area contributed by atoms with Crippen LogP contribution in [0.25, 0.3) is 11.0 Å². The van der Waals surface area contributed by atoms with Crippen molar-refractivity contribution in [2.45, 2.75) is 18.8 Å². The summed E-state index contributed by atoms with van der Waals surface area (Å²) in [6, 6.07) is 0. The Balaban J connectivity index is 2.24. The summed E-state index contributed by atoms with van der Waals surface area (Å²) in [5, 5.41) is 1.48. The molecule has 2 aromatic rings. The zero-order chi connectivity index (χ0) is 18.9. The van der Waals surface area contributed by atoms with E-state index in [1.807, 2.05) is 4.57 Å². The smallest absolute Gasteiger partial charge is 0.224 e. The molecule has 138 valence electrons. The highest BCUT2D eigenvalue weighted by Crippen LogP contribution is 2.46. The van der Waals surface area contributed by atoms with Crippen LogP contribution < -0.4 is 0 Å². The molecule has 1 aliphatic rings. The van der Waals surface area contributed by atoms with Crippen LogP contribution in [-0.4, -0.2) is 43.8 Å². The molecule has 0 saturated heterocycles. The molecule has 0 bridgehead atoms. The van der Waals surface area contributed by atoms with E-state index in [0.29, 0.717) is 22.4 Å². The Morgan fingerprint density at radius 1 is 1.46 bits per heavy atom. The molecule has 0 N–H and O–H groups in total. The van der Waals surface area contributed by atoms with Crippen molar-refractivity contribution in [3.05, 3.63) is 47.0 Å². The first-order chi connectivity index (χ1) is 12.3. The lowest BCUT2D eigenvalue weighted by Gasteiger charge is -2.10. The summed E-state index contributed by atoms with van der Waals surface area (Å²) in [4.78, 5) is 12.9. The van der Waals surface area contributed by atoms with Crippen LogP contribution in [0.5, 0.6) is 0 Å². The molecule has 0 aliphatic heterocycles. The number of hydrogen-bond acceptors (Lipinski definition) is 5. The third-order valence-corrected chi connectivity index (χ3v) is 5.15. The van der Waals surface area contributed by atoms with E-state index in [1.54, 1.807) is 36.9 Å². The summed E-state index contributed by atoms with van der Waals surface area (Å²) >= 11 is 12.6. The van der Waals surface area contributed by atoms with E-state index in [9.17, 15) is 4.21 Å². The highest BCUT2D eigenvalue weighted by atomic mass is 35.5. The Labute approximate surface area is 162 Å². The molecule has 2 aromatic heterocycles. The quantitative estimate of drug-likeness (QED) is 0.318. The van der Waals surface area contributed by atoms with Crippen molar-refractivity contribution in [1.29, 1.82) is 0 Å². The number of nitrogens with zero attached hydrogens (tertiary/aromatic N) is 5. The summed E-state index contributed by atoms with van der Waals surface area (Å²) in [5.41, 5.74) is 1.54. The predicted octanol–water partition coefficient (Wildman–Crippen LogP) is 4.29. The van der Waals surface area contributed by atoms with Crippen LogP contribution in [0.2, 0.25) is 10.3 Å². The zero-order valence-electron chi connectivity index (χ0n) is 14.5. The van der Waals surface area contributed by atoms with Crippen LogP contribution in [0.4, 0.5) is 0 Å². The molecule has 6 nitrogen and oxygen atoms in total. The van der Waals surface area contributed by atoms with Gasteiger partial charge in [-0.25, -0.2) is 14.3 Å². The number of halogens is 2. The first-order valence-electron chi connectivity index (χ1n) is 8.01. The number of rotatable bonds is 5. The number of allylic oxidation sites excluding steroid dienone is 3. The molecule has 1 saturated carbocycles. The number of aliphatic imine (C=N–C) groups is 1. The van der Waals surface area contributed by atoms with Gasteiger partial charge in [-0.05, 0) is 30.5 Å². The predicted molar refractivity (Wildman–Crippen MR) is 109 cm³/mol. The van der Waals surface area contributed by atoms with Gasteiger partial charge in [0.05, 0.1) is 10.4 Å². The minimum atomic E-state index is -2.24. The molecule has 3 rings (SSSR count). The second-order valence-corrected chi connectivity index (χ2v) is 9.58. The summed E-state index contributed by atoms with van der Waals surface area (Å²) in [7, 11) is -2.24. The van der Waals surface area contributed by atoms with Crippen molar-refractivity contribution in [2.24, 2.45) is 9.36 Å². The van der Waals surface area contributed by atoms with Crippen molar-refractivity contribution >= 4 is 49.8 Å². The molecule has 0 radical (unpaired) electrons. The Morgan fingerprint density at radius 3 is 2.81 bits per heavy atom. The second kappa shape index (κ2) is 7.50. The van der Waals surface area contributed by atoms with Crippen LogP contribution in [0.15, 0.2) is 40.4 Å². The maximum atomic E-state index is 11.8. The average Bonchev–Trinajstić information content (AvgIpc) is 3.35. The van der Waals surface area contributed by atoms with Gasteiger partial charge in [0.25, 0.3) is 0 Å². The maximum Gasteiger partial charge on any atom is 0.224 e. The van der Waals surface area contributed by atoms with Crippen molar-refractivity contribution in [3.8, 4) is 0 Å². The molecule has 0 spiro atoms. The lowest BCUT2D eigenvalue weighted by atomic mass is 10.2. The largest absolute Gasteiger partial charge is 0.281 e. The summed E-state index contributed by atoms with van der Waals surface area (Å²) in [6.07, 6.45) is 12.1. The lowest BCUT2D eigenvalue weighted by Crippen LogP contribution is -2.14. The average molecular weight is 412 g/mol. The second-order valence-electron chi connectivity index (χ2n) is 6.25. The van der Waals surface area contributed by atoms with Crippen LogP contribution in [0.3, 0.4) is 0 Å². The number of fused-ring (bicyclic) bond motifs is 1. The van der Waals surface area contributed by atoms with E-state index >= 15 is 0 Å². The summed E-state index contributed by atoms with van der Waals surface area (Å²) < 4.78 is 17.8. The van der Waals surface area contributed by atoms with Gasteiger partial charge in [0, 0.05) is 40.0 Å². The van der Waals surface area contributed by atoms with Gasteiger partial charge >= 0.3 is 0 Å². The highest BCUT2D eigenvalue weighted by molar-refractivity contribution is 7.92. The van der Waals surface area contributed by atoms with Crippen LogP contribution in [-0.2, 0) is 9.73 Å². The Kier molecular flexibility index (Phi) is 5.50. The fourth-order valence-electron chi connectivity index (χ4n) is 2.57. The fraction of sp³-hybridized carbons (Fsp3) is 0.353. The van der Waals surface area contributed by atoms with Gasteiger partial charge in [0.2, 0.25) is 5.28 Å². The third kappa shape index (κ3) is 4.16. The monoisotopic (exact) mass is 411 g/mol. The van der Waals surface area contributed by atoms with Crippen molar-refractivity contribution in [3.63, 3.8) is 0 Å². The molecule has 0 unspecified atom stereocenters. The van der Waals surface area contributed by atoms with Crippen LogP contribution in [0, 0.1) is 0 Å². The van der Waals surface area contributed by atoms with E-state index < -0.39 is 9.73 Å². The van der Waals surface area contributed by atoms with Gasteiger partial charge in [-0.2, -0.15) is 4.98 Å². The maximum absolute atomic E-state index is 11.8. The van der Waals surface area contributed by atoms with Crippen LogP contribution >= 0.6 is 23.2 Å². The standard InChI is InChI=1S/C17H19Cl2N5OS/c1-4-5-6-13(21-10-22-26(2,3)25)24-15(11-7-8-11)14(18)12-9-20-17(19)23-16(12)24/h4-6,9,11H,1,7-8,10H2,2-3H3/b6-5-,21-13?. The van der Waals surface area contributed by atoms with Crippen molar-refractivity contribution in [1.82, 2.24) is 14.5 Å². The summed E-state index contributed by atoms with van der Waals surface area (Å²) in [6.45, 7) is 3.78. The minimum absolute atomic E-state index is 0.0723. The Hall–Kier alpha value is -1.70. The van der Waals surface area contributed by atoms with Gasteiger partial charge in [0.1, 0.15) is 12.5 Å². The van der Waals surface area contributed by atoms with Gasteiger partial charge in [-0.15, -0.1) is 0 Å². The topological polar surface area (TPSA) is 72.5 Å². The first kappa shape index (κ1) is 19.1. The van der Waals surface area contributed by atoms with E-state index in [4.69, 9.17) is 23.2 Å². The highest BCUT2D eigenvalue weighted by Gasteiger charge is 2.33. The molecule has 9 heteroatoms. The van der Waals surface area contributed by atoms with E-state index in [2.05, 4.69) is 25.9 Å². The van der Waals surface area contributed by atoms with E-state index in [-0.39, 0.29) is 12.0 Å².